The smallest absolute Gasteiger partial charge is 0.130 e. The lowest BCUT2D eigenvalue weighted by atomic mass is 9.96. The maximum Gasteiger partial charge on any atom is 0.130 e. The van der Waals surface area contributed by atoms with Crippen LogP contribution in [0.4, 0.5) is 0 Å². The third kappa shape index (κ3) is 5.20. The van der Waals surface area contributed by atoms with E-state index in [-0.39, 0.29) is 12.7 Å². The first kappa shape index (κ1) is 18.7. The van der Waals surface area contributed by atoms with Crippen molar-refractivity contribution in [2.24, 2.45) is 0 Å². The molecule has 0 saturated carbocycles. The number of hydrogen-bond acceptors (Lipinski definition) is 4. The van der Waals surface area contributed by atoms with E-state index in [1.165, 1.54) is 11.1 Å². The van der Waals surface area contributed by atoms with E-state index < -0.39 is 0 Å². The van der Waals surface area contributed by atoms with Gasteiger partial charge in [0.15, 0.2) is 0 Å². The fourth-order valence-corrected chi connectivity index (χ4v) is 3.01. The number of methoxy groups -OCH3 is 1. The molecule has 0 spiro atoms. The van der Waals surface area contributed by atoms with E-state index in [1.54, 1.807) is 7.11 Å². The van der Waals surface area contributed by atoms with Crippen LogP contribution >= 0.6 is 0 Å². The van der Waals surface area contributed by atoms with E-state index in [0.29, 0.717) is 19.0 Å². The first-order valence-corrected chi connectivity index (χ1v) is 8.55. The Morgan fingerprint density at radius 2 is 2.25 bits per heavy atom. The third-order valence-corrected chi connectivity index (χ3v) is 4.16. The van der Waals surface area contributed by atoms with Gasteiger partial charge in [0, 0.05) is 7.11 Å². The number of aliphatic hydroxyl groups is 1. The highest BCUT2D eigenvalue weighted by atomic mass is 16.5. The van der Waals surface area contributed by atoms with Crippen molar-refractivity contribution in [2.45, 2.75) is 45.3 Å². The Morgan fingerprint density at radius 1 is 1.42 bits per heavy atom. The van der Waals surface area contributed by atoms with E-state index in [4.69, 9.17) is 19.0 Å². The molecular weight excluding hydrogens is 304 g/mol. The van der Waals surface area contributed by atoms with Gasteiger partial charge in [0.2, 0.25) is 0 Å². The first-order valence-electron chi connectivity index (χ1n) is 8.55. The van der Waals surface area contributed by atoms with Gasteiger partial charge in [0.05, 0.1) is 19.3 Å². The van der Waals surface area contributed by atoms with Gasteiger partial charge < -0.3 is 19.0 Å². The van der Waals surface area contributed by atoms with E-state index in [0.717, 1.165) is 37.0 Å². The average Bonchev–Trinajstić information content (AvgIpc) is 3.22. The van der Waals surface area contributed by atoms with Crippen LogP contribution in [-0.4, -0.2) is 31.5 Å². The molecule has 1 aliphatic rings. The summed E-state index contributed by atoms with van der Waals surface area (Å²) in [6.45, 7) is 7.39. The van der Waals surface area contributed by atoms with Crippen LogP contribution in [-0.2, 0) is 16.1 Å². The van der Waals surface area contributed by atoms with Gasteiger partial charge >= 0.3 is 0 Å². The zero-order chi connectivity index (χ0) is 17.4. The Kier molecular flexibility index (Phi) is 7.50. The molecule has 2 rings (SSSR count). The lowest BCUT2D eigenvalue weighted by Crippen LogP contribution is -2.13. The minimum Gasteiger partial charge on any atom is -0.459 e. The van der Waals surface area contributed by atoms with Gasteiger partial charge in [0.25, 0.3) is 0 Å². The highest BCUT2D eigenvalue weighted by molar-refractivity contribution is 5.48. The quantitative estimate of drug-likeness (QED) is 0.695. The Bertz CT molecular complexity index is 595. The molecule has 1 aliphatic heterocycles. The van der Waals surface area contributed by atoms with Crippen molar-refractivity contribution in [3.05, 3.63) is 53.0 Å². The topological polar surface area (TPSA) is 51.8 Å². The predicted molar refractivity (Wildman–Crippen MR) is 95.6 cm³/mol. The molecule has 1 atom stereocenters. The summed E-state index contributed by atoms with van der Waals surface area (Å²) in [6, 6.07) is 3.71. The summed E-state index contributed by atoms with van der Waals surface area (Å²) >= 11 is 0. The first-order chi connectivity index (χ1) is 11.7. The average molecular weight is 332 g/mol. The third-order valence-electron chi connectivity index (χ3n) is 4.16. The molecule has 1 N–H and O–H groups in total. The van der Waals surface area contributed by atoms with Gasteiger partial charge in [-0.15, -0.1) is 0 Å². The van der Waals surface area contributed by atoms with Crippen molar-refractivity contribution in [1.29, 1.82) is 0 Å². The van der Waals surface area contributed by atoms with Crippen LogP contribution in [0.5, 0.6) is 0 Å². The van der Waals surface area contributed by atoms with Crippen LogP contribution in [0.1, 0.15) is 44.1 Å². The largest absolute Gasteiger partial charge is 0.459 e. The summed E-state index contributed by atoms with van der Waals surface area (Å²) in [7, 11) is 1.68. The number of furan rings is 1. The molecule has 4 heteroatoms. The molecule has 0 fully saturated rings. The Hall–Kier alpha value is -1.62. The molecule has 1 aromatic heterocycles. The molecule has 0 bridgehead atoms. The van der Waals surface area contributed by atoms with Crippen LogP contribution in [0.3, 0.4) is 0 Å². The monoisotopic (exact) mass is 332 g/mol. The minimum atomic E-state index is -0.0668. The Labute approximate surface area is 144 Å². The second-order valence-electron chi connectivity index (χ2n) is 6.07. The maximum atomic E-state index is 9.10. The number of allylic oxidation sites excluding steroid dienone is 1. The van der Waals surface area contributed by atoms with E-state index in [1.807, 2.05) is 12.1 Å². The van der Waals surface area contributed by atoms with Crippen LogP contribution in [0, 0.1) is 0 Å². The van der Waals surface area contributed by atoms with Crippen molar-refractivity contribution in [3.63, 3.8) is 0 Å². The summed E-state index contributed by atoms with van der Waals surface area (Å²) in [6.07, 6.45) is 8.28. The fourth-order valence-electron chi connectivity index (χ4n) is 3.01. The van der Waals surface area contributed by atoms with Gasteiger partial charge in [-0.05, 0) is 48.6 Å². The molecule has 0 aliphatic carbocycles. The van der Waals surface area contributed by atoms with Crippen LogP contribution in [0.15, 0.2) is 45.9 Å². The summed E-state index contributed by atoms with van der Waals surface area (Å²) in [5.41, 5.74) is 3.51. The van der Waals surface area contributed by atoms with E-state index in [2.05, 4.69) is 25.7 Å². The minimum absolute atomic E-state index is 0.0668. The van der Waals surface area contributed by atoms with Gasteiger partial charge in [-0.3, -0.25) is 0 Å². The van der Waals surface area contributed by atoms with Crippen molar-refractivity contribution < 1.29 is 19.0 Å². The number of rotatable bonds is 10. The Morgan fingerprint density at radius 3 is 2.92 bits per heavy atom. The van der Waals surface area contributed by atoms with Gasteiger partial charge in [-0.2, -0.15) is 0 Å². The summed E-state index contributed by atoms with van der Waals surface area (Å²) < 4.78 is 16.6. The highest BCUT2D eigenvalue weighted by Gasteiger charge is 2.22. The van der Waals surface area contributed by atoms with Gasteiger partial charge in [-0.25, -0.2) is 0 Å². The molecule has 0 saturated heterocycles. The predicted octanol–water partition coefficient (Wildman–Crippen LogP) is 4.26. The van der Waals surface area contributed by atoms with Gasteiger partial charge in [-0.1, -0.05) is 31.6 Å². The Balaban J connectivity index is 1.98. The number of aliphatic hydroxyl groups excluding tert-OH is 1. The fraction of sp³-hybridized carbons (Fsp3) is 0.500. The summed E-state index contributed by atoms with van der Waals surface area (Å²) in [4.78, 5) is 0. The highest BCUT2D eigenvalue weighted by Crippen LogP contribution is 2.28. The molecule has 24 heavy (non-hydrogen) atoms. The molecule has 0 aromatic carbocycles. The van der Waals surface area contributed by atoms with Crippen molar-refractivity contribution in [3.8, 4) is 0 Å². The van der Waals surface area contributed by atoms with Crippen molar-refractivity contribution in [1.82, 2.24) is 0 Å². The normalized spacial score (nSPS) is 18.0. The second kappa shape index (κ2) is 9.62. The van der Waals surface area contributed by atoms with Crippen LogP contribution in [0.25, 0.3) is 6.08 Å². The molecule has 132 valence electrons. The van der Waals surface area contributed by atoms with Crippen molar-refractivity contribution >= 4 is 6.08 Å². The SMILES string of the molecule is C=C(COC)C1=CCOC1CC/C(=C/c1ccc(CO)o1)CCC. The number of ether oxygens (including phenoxy) is 2. The van der Waals surface area contributed by atoms with Crippen molar-refractivity contribution in [2.75, 3.05) is 20.3 Å². The molecule has 1 aromatic rings. The number of hydrogen-bond donors (Lipinski definition) is 1. The molecule has 0 radical (unpaired) electrons. The van der Waals surface area contributed by atoms with E-state index in [9.17, 15) is 0 Å². The molecule has 1 unspecified atom stereocenters. The standard InChI is InChI=1S/C20H28O4/c1-4-5-16(12-17-7-8-18(13-21)24-17)6-9-20-19(10-11-23-20)15(2)14-22-3/h7-8,10,12,20-21H,2,4-6,9,11,13-14H2,1,3H3/b16-12+. The lowest BCUT2D eigenvalue weighted by molar-refractivity contribution is 0.115. The van der Waals surface area contributed by atoms with Gasteiger partial charge in [0.1, 0.15) is 18.1 Å². The van der Waals surface area contributed by atoms with Crippen LogP contribution < -0.4 is 0 Å². The summed E-state index contributed by atoms with van der Waals surface area (Å²) in [5.74, 6) is 1.40. The lowest BCUT2D eigenvalue weighted by Gasteiger charge is -2.17. The zero-order valence-corrected chi connectivity index (χ0v) is 14.7. The zero-order valence-electron chi connectivity index (χ0n) is 14.7. The van der Waals surface area contributed by atoms with Crippen LogP contribution in [0.2, 0.25) is 0 Å². The van der Waals surface area contributed by atoms with E-state index >= 15 is 0 Å². The maximum absolute atomic E-state index is 9.10. The summed E-state index contributed by atoms with van der Waals surface area (Å²) in [5, 5.41) is 9.10. The molecule has 2 heterocycles. The molecule has 4 nitrogen and oxygen atoms in total. The molecular formula is C20H28O4. The second-order valence-corrected chi connectivity index (χ2v) is 6.07. The molecule has 0 amide bonds.